The van der Waals surface area contributed by atoms with Crippen molar-refractivity contribution >= 4 is 34.1 Å². The topological polar surface area (TPSA) is 64.1 Å². The molecule has 0 fully saturated rings. The Hall–Kier alpha value is -2.67. The van der Waals surface area contributed by atoms with Gasteiger partial charge in [0.2, 0.25) is 5.95 Å². The van der Waals surface area contributed by atoms with E-state index in [1.807, 2.05) is 53.5 Å². The van der Waals surface area contributed by atoms with Crippen LogP contribution in [0.25, 0.3) is 16.6 Å². The molecule has 7 nitrogen and oxygen atoms in total. The third-order valence-corrected chi connectivity index (χ3v) is 5.00. The molecule has 4 aromatic rings. The highest BCUT2D eigenvalue weighted by Crippen LogP contribution is 2.27. The predicted octanol–water partition coefficient (Wildman–Crippen LogP) is 3.78. The van der Waals surface area contributed by atoms with Gasteiger partial charge in [0.1, 0.15) is 11.6 Å². The first-order valence-corrected chi connectivity index (χ1v) is 9.48. The summed E-state index contributed by atoms with van der Waals surface area (Å²) in [5.41, 5.74) is 1.62. The fraction of sp³-hybridized carbons (Fsp3) is 0.368. The quantitative estimate of drug-likeness (QED) is 0.507. The van der Waals surface area contributed by atoms with Gasteiger partial charge in [0.15, 0.2) is 5.65 Å². The number of anilines is 1. The second-order valence-electron chi connectivity index (χ2n) is 6.71. The van der Waals surface area contributed by atoms with E-state index in [4.69, 9.17) is 16.6 Å². The minimum absolute atomic E-state index is 0.658. The van der Waals surface area contributed by atoms with E-state index in [1.54, 1.807) is 0 Å². The Morgan fingerprint density at radius 3 is 2.81 bits per heavy atom. The summed E-state index contributed by atoms with van der Waals surface area (Å²) >= 11 is 6.22. The molecule has 0 unspecified atom stereocenters. The van der Waals surface area contributed by atoms with Crippen LogP contribution < -0.4 is 4.90 Å². The van der Waals surface area contributed by atoms with Crippen molar-refractivity contribution < 1.29 is 0 Å². The van der Waals surface area contributed by atoms with E-state index < -0.39 is 0 Å². The lowest BCUT2D eigenvalue weighted by atomic mass is 10.2. The number of unbranched alkanes of at least 4 members (excludes halogenated alkanes) is 1. The van der Waals surface area contributed by atoms with Crippen LogP contribution in [0.15, 0.2) is 30.6 Å². The molecule has 3 aromatic heterocycles. The summed E-state index contributed by atoms with van der Waals surface area (Å²) in [6.45, 7) is 5.67. The average molecular weight is 384 g/mol. The molecule has 27 heavy (non-hydrogen) atoms. The number of nitrogens with zero attached hydrogens (tertiary/aromatic N) is 7. The van der Waals surface area contributed by atoms with Crippen molar-refractivity contribution in [2.24, 2.45) is 7.05 Å². The molecule has 140 valence electrons. The van der Waals surface area contributed by atoms with Crippen LogP contribution in [0.4, 0.5) is 5.95 Å². The molecule has 3 heterocycles. The number of halogens is 1. The highest BCUT2D eigenvalue weighted by Gasteiger charge is 2.19. The number of fused-ring (bicyclic) bond motifs is 3. The molecule has 0 radical (unpaired) electrons. The first kappa shape index (κ1) is 17.7. The van der Waals surface area contributed by atoms with E-state index in [0.29, 0.717) is 11.6 Å². The van der Waals surface area contributed by atoms with Crippen LogP contribution in [0.2, 0.25) is 5.02 Å². The van der Waals surface area contributed by atoms with Crippen molar-refractivity contribution in [1.29, 1.82) is 0 Å². The van der Waals surface area contributed by atoms with Gasteiger partial charge < -0.3 is 9.47 Å². The highest BCUT2D eigenvalue weighted by atomic mass is 35.5. The summed E-state index contributed by atoms with van der Waals surface area (Å²) in [6.07, 6.45) is 5.93. The summed E-state index contributed by atoms with van der Waals surface area (Å²) in [5, 5.41) is 10.3. The van der Waals surface area contributed by atoms with Crippen LogP contribution in [0, 0.1) is 6.92 Å². The molecule has 0 saturated heterocycles. The van der Waals surface area contributed by atoms with Gasteiger partial charge in [-0.05, 0) is 31.5 Å². The minimum Gasteiger partial charge on any atom is -0.337 e. The van der Waals surface area contributed by atoms with Gasteiger partial charge in [0.05, 0.1) is 12.1 Å². The summed E-state index contributed by atoms with van der Waals surface area (Å²) in [7, 11) is 2.01. The molecule has 4 rings (SSSR count). The number of hydrogen-bond donors (Lipinski definition) is 0. The SMILES string of the molecule is CCCCN(Cc1nccn1C)c1nc2cc(Cl)ccc2c2nnc(C)n12. The number of aromatic nitrogens is 6. The van der Waals surface area contributed by atoms with Crippen LogP contribution in [-0.2, 0) is 13.6 Å². The van der Waals surface area contributed by atoms with Crippen molar-refractivity contribution in [3.05, 3.63) is 47.3 Å². The zero-order valence-electron chi connectivity index (χ0n) is 15.7. The first-order chi connectivity index (χ1) is 13.1. The molecule has 0 aliphatic rings. The van der Waals surface area contributed by atoms with Gasteiger partial charge in [-0.2, -0.15) is 0 Å². The maximum absolute atomic E-state index is 6.22. The second kappa shape index (κ2) is 7.15. The van der Waals surface area contributed by atoms with Crippen molar-refractivity contribution in [3.63, 3.8) is 0 Å². The Kier molecular flexibility index (Phi) is 4.70. The third-order valence-electron chi connectivity index (χ3n) is 4.76. The third kappa shape index (κ3) is 3.23. The van der Waals surface area contributed by atoms with Crippen LogP contribution >= 0.6 is 11.6 Å². The molecule has 0 aliphatic carbocycles. The zero-order valence-corrected chi connectivity index (χ0v) is 16.5. The lowest BCUT2D eigenvalue weighted by molar-refractivity contribution is 0.658. The summed E-state index contributed by atoms with van der Waals surface area (Å²) in [6, 6.07) is 5.69. The Balaban J connectivity index is 1.91. The normalized spacial score (nSPS) is 11.6. The van der Waals surface area contributed by atoms with Gasteiger partial charge in [-0.25, -0.2) is 14.4 Å². The molecule has 1 aromatic carbocycles. The summed E-state index contributed by atoms with van der Waals surface area (Å²) < 4.78 is 4.06. The van der Waals surface area contributed by atoms with Crippen molar-refractivity contribution in [2.75, 3.05) is 11.4 Å². The Bertz CT molecular complexity index is 1100. The molecule has 0 aliphatic heterocycles. The maximum Gasteiger partial charge on any atom is 0.213 e. The van der Waals surface area contributed by atoms with E-state index in [-0.39, 0.29) is 0 Å². The van der Waals surface area contributed by atoms with Crippen molar-refractivity contribution in [1.82, 2.24) is 29.1 Å². The minimum atomic E-state index is 0.658. The lowest BCUT2D eigenvalue weighted by Gasteiger charge is -2.24. The van der Waals surface area contributed by atoms with Gasteiger partial charge in [0, 0.05) is 36.4 Å². The highest BCUT2D eigenvalue weighted by molar-refractivity contribution is 6.31. The molecule has 0 amide bonds. The van der Waals surface area contributed by atoms with E-state index in [9.17, 15) is 0 Å². The molecule has 0 spiro atoms. The van der Waals surface area contributed by atoms with Crippen LogP contribution in [-0.4, -0.2) is 35.7 Å². The van der Waals surface area contributed by atoms with Crippen molar-refractivity contribution in [2.45, 2.75) is 33.2 Å². The van der Waals surface area contributed by atoms with Gasteiger partial charge in [-0.15, -0.1) is 10.2 Å². The van der Waals surface area contributed by atoms with E-state index >= 15 is 0 Å². The van der Waals surface area contributed by atoms with Crippen LogP contribution in [0.3, 0.4) is 0 Å². The Labute approximate surface area is 162 Å². The van der Waals surface area contributed by atoms with Gasteiger partial charge >= 0.3 is 0 Å². The molecule has 8 heteroatoms. The second-order valence-corrected chi connectivity index (χ2v) is 7.15. The fourth-order valence-corrected chi connectivity index (χ4v) is 3.42. The number of hydrogen-bond acceptors (Lipinski definition) is 5. The number of aryl methyl sites for hydroxylation is 2. The smallest absolute Gasteiger partial charge is 0.213 e. The Morgan fingerprint density at radius 1 is 1.22 bits per heavy atom. The molecule has 0 N–H and O–H groups in total. The van der Waals surface area contributed by atoms with Crippen molar-refractivity contribution in [3.8, 4) is 0 Å². The number of imidazole rings is 1. The van der Waals surface area contributed by atoms with E-state index in [1.165, 1.54) is 0 Å². The Morgan fingerprint density at radius 2 is 2.07 bits per heavy atom. The molecular formula is C19H22ClN7. The number of benzene rings is 1. The molecule has 0 bridgehead atoms. The van der Waals surface area contributed by atoms with Gasteiger partial charge in [-0.3, -0.25) is 0 Å². The van der Waals surface area contributed by atoms with Crippen LogP contribution in [0.5, 0.6) is 0 Å². The van der Waals surface area contributed by atoms with E-state index in [0.717, 1.165) is 53.5 Å². The maximum atomic E-state index is 6.22. The lowest BCUT2D eigenvalue weighted by Crippen LogP contribution is -2.28. The predicted molar refractivity (Wildman–Crippen MR) is 107 cm³/mol. The van der Waals surface area contributed by atoms with Gasteiger partial charge in [-0.1, -0.05) is 24.9 Å². The average Bonchev–Trinajstić information content (AvgIpc) is 3.24. The van der Waals surface area contributed by atoms with Gasteiger partial charge in [0.25, 0.3) is 0 Å². The van der Waals surface area contributed by atoms with Crippen LogP contribution in [0.1, 0.15) is 31.4 Å². The fourth-order valence-electron chi connectivity index (χ4n) is 3.25. The van der Waals surface area contributed by atoms with E-state index in [2.05, 4.69) is 27.0 Å². The molecular weight excluding hydrogens is 362 g/mol. The standard InChI is InChI=1S/C19H22ClN7/c1-4-5-9-26(12-17-21-8-10-25(17)3)19-22-16-11-14(20)6-7-15(16)18-24-23-13(2)27(18)19/h6-8,10-11H,4-5,9,12H2,1-3H3. The first-order valence-electron chi connectivity index (χ1n) is 9.10. The summed E-state index contributed by atoms with van der Waals surface area (Å²) in [5.74, 6) is 2.61. The molecule has 0 atom stereocenters. The summed E-state index contributed by atoms with van der Waals surface area (Å²) in [4.78, 5) is 11.7. The number of rotatable bonds is 6. The zero-order chi connectivity index (χ0) is 19.0. The monoisotopic (exact) mass is 383 g/mol. The molecule has 0 saturated carbocycles. The largest absolute Gasteiger partial charge is 0.337 e.